The molecule has 1 saturated carbocycles. The van der Waals surface area contributed by atoms with Crippen LogP contribution in [0.4, 0.5) is 5.69 Å². The van der Waals surface area contributed by atoms with Crippen molar-refractivity contribution in [2.24, 2.45) is 0 Å². The van der Waals surface area contributed by atoms with Gasteiger partial charge in [-0.3, -0.25) is 0 Å². The van der Waals surface area contributed by atoms with Gasteiger partial charge in [-0.1, -0.05) is 30.5 Å². The highest BCUT2D eigenvalue weighted by Crippen LogP contribution is 2.42. The number of methoxy groups -OCH3 is 3. The maximum Gasteiger partial charge on any atom is 0.337 e. The zero-order chi connectivity index (χ0) is 21.7. The van der Waals surface area contributed by atoms with Crippen molar-refractivity contribution in [1.29, 1.82) is 0 Å². The molecule has 1 aliphatic carbocycles. The van der Waals surface area contributed by atoms with Crippen LogP contribution in [0.1, 0.15) is 41.6 Å². The number of halogens is 1. The maximum absolute atomic E-state index is 11.8. The quantitative estimate of drug-likeness (QED) is 0.481. The predicted molar refractivity (Wildman–Crippen MR) is 122 cm³/mol. The summed E-state index contributed by atoms with van der Waals surface area (Å²) in [5.41, 5.74) is 1.69. The van der Waals surface area contributed by atoms with E-state index in [9.17, 15) is 4.79 Å². The number of thiocarbonyl (C=S) groups is 1. The van der Waals surface area contributed by atoms with Gasteiger partial charge in [0.1, 0.15) is 0 Å². The van der Waals surface area contributed by atoms with Gasteiger partial charge in [0, 0.05) is 0 Å². The number of carbonyl (C=O) groups is 1. The van der Waals surface area contributed by atoms with Crippen LogP contribution < -0.4 is 20.1 Å². The van der Waals surface area contributed by atoms with Gasteiger partial charge >= 0.3 is 5.97 Å². The Morgan fingerprint density at radius 3 is 2.37 bits per heavy atom. The molecule has 2 aromatic carbocycles. The van der Waals surface area contributed by atoms with Crippen LogP contribution in [0.3, 0.4) is 0 Å². The summed E-state index contributed by atoms with van der Waals surface area (Å²) in [5.74, 6) is 0.920. The zero-order valence-electron chi connectivity index (χ0n) is 17.2. The largest absolute Gasteiger partial charge is 0.493 e. The third kappa shape index (κ3) is 4.63. The first-order valence-electron chi connectivity index (χ1n) is 9.62. The van der Waals surface area contributed by atoms with Crippen LogP contribution in [0.2, 0.25) is 5.02 Å². The Kier molecular flexibility index (Phi) is 7.05. The maximum atomic E-state index is 11.8. The molecule has 8 heteroatoms. The number of ether oxygens (including phenoxy) is 3. The van der Waals surface area contributed by atoms with Gasteiger partial charge in [0.25, 0.3) is 0 Å². The second-order valence-corrected chi connectivity index (χ2v) is 7.94. The van der Waals surface area contributed by atoms with Gasteiger partial charge in [0.2, 0.25) is 0 Å². The van der Waals surface area contributed by atoms with Crippen LogP contribution in [-0.2, 0) is 10.3 Å². The molecule has 1 aliphatic rings. The lowest BCUT2D eigenvalue weighted by atomic mass is 9.88. The van der Waals surface area contributed by atoms with Crippen molar-refractivity contribution < 1.29 is 19.0 Å². The zero-order valence-corrected chi connectivity index (χ0v) is 18.8. The molecule has 160 valence electrons. The van der Waals surface area contributed by atoms with E-state index in [-0.39, 0.29) is 5.54 Å². The van der Waals surface area contributed by atoms with E-state index in [1.807, 2.05) is 18.2 Å². The second-order valence-electron chi connectivity index (χ2n) is 7.12. The molecule has 0 unspecified atom stereocenters. The highest BCUT2D eigenvalue weighted by Gasteiger charge is 2.37. The standard InChI is InChI=1S/C22H25ClN2O4S/c1-27-18-9-7-15(13-19(18)28-2)22(10-4-5-11-22)25-21(30)24-17-12-14(20(26)29-3)6-8-16(17)23/h6-9,12-13H,4-5,10-11H2,1-3H3,(H2,24,25,30). The minimum absolute atomic E-state index is 0.323. The third-order valence-corrected chi connectivity index (χ3v) is 5.92. The van der Waals surface area contributed by atoms with Gasteiger partial charge in [-0.25, -0.2) is 4.79 Å². The summed E-state index contributed by atoms with van der Waals surface area (Å²) in [5, 5.41) is 7.50. The fraction of sp³-hybridized carbons (Fsp3) is 0.364. The number of anilines is 1. The Morgan fingerprint density at radius 2 is 1.73 bits per heavy atom. The molecule has 1 fully saturated rings. The fourth-order valence-corrected chi connectivity index (χ4v) is 4.31. The van der Waals surface area contributed by atoms with Crippen molar-refractivity contribution >= 4 is 40.6 Å². The van der Waals surface area contributed by atoms with Crippen molar-refractivity contribution in [2.75, 3.05) is 26.6 Å². The lowest BCUT2D eigenvalue weighted by Crippen LogP contribution is -2.45. The van der Waals surface area contributed by atoms with Crippen LogP contribution in [0, 0.1) is 0 Å². The summed E-state index contributed by atoms with van der Waals surface area (Å²) in [6.07, 6.45) is 4.03. The smallest absolute Gasteiger partial charge is 0.337 e. The van der Waals surface area contributed by atoms with E-state index in [1.165, 1.54) is 7.11 Å². The molecule has 30 heavy (non-hydrogen) atoms. The van der Waals surface area contributed by atoms with E-state index in [0.717, 1.165) is 31.2 Å². The Labute approximate surface area is 186 Å². The number of esters is 1. The topological polar surface area (TPSA) is 68.8 Å². The van der Waals surface area contributed by atoms with E-state index in [1.54, 1.807) is 32.4 Å². The molecule has 0 amide bonds. The first-order valence-corrected chi connectivity index (χ1v) is 10.4. The first-order chi connectivity index (χ1) is 14.4. The molecule has 6 nitrogen and oxygen atoms in total. The Morgan fingerprint density at radius 1 is 1.03 bits per heavy atom. The highest BCUT2D eigenvalue weighted by molar-refractivity contribution is 7.80. The Balaban J connectivity index is 1.84. The van der Waals surface area contributed by atoms with Gasteiger partial charge < -0.3 is 24.8 Å². The third-order valence-electron chi connectivity index (χ3n) is 5.38. The van der Waals surface area contributed by atoms with Crippen molar-refractivity contribution in [3.63, 3.8) is 0 Å². The van der Waals surface area contributed by atoms with Crippen molar-refractivity contribution in [2.45, 2.75) is 31.2 Å². The number of hydrogen-bond donors (Lipinski definition) is 2. The summed E-state index contributed by atoms with van der Waals surface area (Å²) >= 11 is 11.9. The van der Waals surface area contributed by atoms with Crippen LogP contribution >= 0.6 is 23.8 Å². The molecule has 0 aromatic heterocycles. The average Bonchev–Trinajstić information content (AvgIpc) is 3.23. The molecule has 0 atom stereocenters. The monoisotopic (exact) mass is 448 g/mol. The number of hydrogen-bond acceptors (Lipinski definition) is 5. The molecule has 0 aliphatic heterocycles. The molecule has 0 bridgehead atoms. The average molecular weight is 449 g/mol. The van der Waals surface area contributed by atoms with Gasteiger partial charge in [-0.15, -0.1) is 0 Å². The summed E-state index contributed by atoms with van der Waals surface area (Å²) < 4.78 is 15.6. The molecule has 2 N–H and O–H groups in total. The number of nitrogens with one attached hydrogen (secondary N) is 2. The van der Waals surface area contributed by atoms with E-state index >= 15 is 0 Å². The first kappa shape index (κ1) is 22.2. The fourth-order valence-electron chi connectivity index (χ4n) is 3.84. The lowest BCUT2D eigenvalue weighted by molar-refractivity contribution is 0.0601. The SMILES string of the molecule is COC(=O)c1ccc(Cl)c(NC(=S)NC2(c3ccc(OC)c(OC)c3)CCCC2)c1. The molecule has 0 heterocycles. The molecule has 2 aromatic rings. The van der Waals surface area contributed by atoms with Crippen LogP contribution in [-0.4, -0.2) is 32.4 Å². The summed E-state index contributed by atoms with van der Waals surface area (Å²) in [6.45, 7) is 0. The van der Waals surface area contributed by atoms with Gasteiger partial charge in [0.15, 0.2) is 16.6 Å². The normalized spacial score (nSPS) is 14.7. The predicted octanol–water partition coefficient (Wildman–Crippen LogP) is 4.90. The highest BCUT2D eigenvalue weighted by atomic mass is 35.5. The van der Waals surface area contributed by atoms with E-state index in [2.05, 4.69) is 10.6 Å². The minimum Gasteiger partial charge on any atom is -0.493 e. The van der Waals surface area contributed by atoms with E-state index < -0.39 is 5.97 Å². The molecule has 0 spiro atoms. The Hall–Kier alpha value is -2.51. The van der Waals surface area contributed by atoms with E-state index in [4.69, 9.17) is 38.0 Å². The van der Waals surface area contributed by atoms with Crippen molar-refractivity contribution in [3.8, 4) is 11.5 Å². The molecular formula is C22H25ClN2O4S. The van der Waals surface area contributed by atoms with Gasteiger partial charge in [-0.05, 0) is 61.0 Å². The van der Waals surface area contributed by atoms with Gasteiger partial charge in [-0.2, -0.15) is 0 Å². The van der Waals surface area contributed by atoms with Crippen LogP contribution in [0.15, 0.2) is 36.4 Å². The Bertz CT molecular complexity index is 945. The molecule has 0 saturated heterocycles. The minimum atomic E-state index is -0.439. The summed E-state index contributed by atoms with van der Waals surface area (Å²) in [4.78, 5) is 11.8. The summed E-state index contributed by atoms with van der Waals surface area (Å²) in [7, 11) is 4.58. The number of carbonyl (C=O) groups excluding carboxylic acids is 1. The van der Waals surface area contributed by atoms with Crippen LogP contribution in [0.25, 0.3) is 0 Å². The van der Waals surface area contributed by atoms with Crippen molar-refractivity contribution in [1.82, 2.24) is 5.32 Å². The number of rotatable bonds is 6. The molecule has 0 radical (unpaired) electrons. The summed E-state index contributed by atoms with van der Waals surface area (Å²) in [6, 6.07) is 10.8. The van der Waals surface area contributed by atoms with Crippen LogP contribution in [0.5, 0.6) is 11.5 Å². The second kappa shape index (κ2) is 9.53. The molecular weight excluding hydrogens is 424 g/mol. The molecule has 3 rings (SSSR count). The van der Waals surface area contributed by atoms with Gasteiger partial charge in [0.05, 0.1) is 43.1 Å². The number of benzene rings is 2. The van der Waals surface area contributed by atoms with E-state index in [0.29, 0.717) is 32.9 Å². The van der Waals surface area contributed by atoms with Crippen molar-refractivity contribution in [3.05, 3.63) is 52.5 Å². The lowest BCUT2D eigenvalue weighted by Gasteiger charge is -2.33.